The minimum atomic E-state index is -0.236. The lowest BCUT2D eigenvalue weighted by molar-refractivity contribution is -0.140. The first kappa shape index (κ1) is 21.6. The van der Waals surface area contributed by atoms with Gasteiger partial charge in [0, 0.05) is 30.6 Å². The van der Waals surface area contributed by atoms with Gasteiger partial charge in [0.2, 0.25) is 0 Å². The van der Waals surface area contributed by atoms with Gasteiger partial charge >= 0.3 is 5.97 Å². The van der Waals surface area contributed by atoms with E-state index in [9.17, 15) is 9.59 Å². The highest BCUT2D eigenvalue weighted by Gasteiger charge is 2.16. The molecule has 1 aromatic heterocycles. The number of esters is 1. The van der Waals surface area contributed by atoms with Crippen LogP contribution in [0.15, 0.2) is 42.5 Å². The Labute approximate surface area is 187 Å². The van der Waals surface area contributed by atoms with Crippen molar-refractivity contribution in [3.63, 3.8) is 0 Å². The van der Waals surface area contributed by atoms with Gasteiger partial charge in [-0.15, -0.1) is 0 Å². The summed E-state index contributed by atoms with van der Waals surface area (Å²) in [4.78, 5) is 24.1. The molecule has 0 spiro atoms. The second-order valence-electron chi connectivity index (χ2n) is 7.91. The maximum absolute atomic E-state index is 12.6. The second-order valence-corrected chi connectivity index (χ2v) is 7.91. The van der Waals surface area contributed by atoms with Crippen LogP contribution in [0, 0.1) is 13.8 Å². The van der Waals surface area contributed by atoms with Crippen molar-refractivity contribution >= 4 is 11.9 Å². The van der Waals surface area contributed by atoms with Crippen LogP contribution in [0.5, 0.6) is 5.75 Å². The fourth-order valence-corrected chi connectivity index (χ4v) is 4.01. The zero-order valence-electron chi connectivity index (χ0n) is 18.6. The quantitative estimate of drug-likeness (QED) is 0.577. The van der Waals surface area contributed by atoms with E-state index in [2.05, 4.69) is 16.5 Å². The number of carbonyl (C=O) groups is 2. The first-order chi connectivity index (χ1) is 15.5. The van der Waals surface area contributed by atoms with E-state index in [1.165, 1.54) is 12.7 Å². The molecule has 0 bridgehead atoms. The second kappa shape index (κ2) is 9.26. The van der Waals surface area contributed by atoms with Gasteiger partial charge in [-0.25, -0.2) is 4.68 Å². The summed E-state index contributed by atoms with van der Waals surface area (Å²) in [7, 11) is 1.39. The van der Waals surface area contributed by atoms with Crippen molar-refractivity contribution < 1.29 is 19.1 Å². The van der Waals surface area contributed by atoms with E-state index >= 15 is 0 Å². The number of benzene rings is 2. The van der Waals surface area contributed by atoms with Crippen molar-refractivity contribution in [3.8, 4) is 11.4 Å². The Morgan fingerprint density at radius 1 is 1.16 bits per heavy atom. The lowest BCUT2D eigenvalue weighted by Gasteiger charge is -2.09. The highest BCUT2D eigenvalue weighted by Crippen LogP contribution is 2.26. The average Bonchev–Trinajstić information content (AvgIpc) is 3.39. The molecule has 0 aliphatic carbocycles. The molecule has 7 heteroatoms. The van der Waals surface area contributed by atoms with Crippen LogP contribution in [0.2, 0.25) is 0 Å². The molecule has 4 rings (SSSR count). The Balaban J connectivity index is 1.41. The first-order valence-electron chi connectivity index (χ1n) is 10.7. The summed E-state index contributed by atoms with van der Waals surface area (Å²) in [5.41, 5.74) is 6.60. The largest absolute Gasteiger partial charge is 0.493 e. The SMILES string of the molecule is COC(=O)CCc1c(C)nn(-c2ccc(C(=O)NCc3ccc4c(c3)CCO4)cc2)c1C. The maximum Gasteiger partial charge on any atom is 0.305 e. The minimum absolute atomic E-state index is 0.125. The number of amides is 1. The van der Waals surface area contributed by atoms with Gasteiger partial charge in [0.05, 0.1) is 25.1 Å². The third kappa shape index (κ3) is 4.51. The molecule has 0 radical (unpaired) electrons. The van der Waals surface area contributed by atoms with Crippen molar-refractivity contribution in [1.29, 1.82) is 0 Å². The van der Waals surface area contributed by atoms with Crippen LogP contribution in [-0.4, -0.2) is 35.4 Å². The summed E-state index contributed by atoms with van der Waals surface area (Å²) < 4.78 is 12.1. The Kier molecular flexibility index (Phi) is 6.25. The Hall–Kier alpha value is -3.61. The number of hydrogen-bond acceptors (Lipinski definition) is 5. The molecule has 0 saturated heterocycles. The molecule has 0 unspecified atom stereocenters. The van der Waals surface area contributed by atoms with Crippen LogP contribution in [0.4, 0.5) is 0 Å². The third-order valence-electron chi connectivity index (χ3n) is 5.83. The molecule has 2 heterocycles. The average molecular weight is 434 g/mol. The molecule has 0 saturated carbocycles. The Morgan fingerprint density at radius 3 is 2.69 bits per heavy atom. The number of methoxy groups -OCH3 is 1. The number of hydrogen-bond donors (Lipinski definition) is 1. The molecule has 7 nitrogen and oxygen atoms in total. The smallest absolute Gasteiger partial charge is 0.305 e. The molecule has 32 heavy (non-hydrogen) atoms. The number of aryl methyl sites for hydroxylation is 1. The van der Waals surface area contributed by atoms with Gasteiger partial charge in [0.15, 0.2) is 0 Å². The standard InChI is InChI=1S/C25H27N3O4/c1-16-22(9-11-24(29)31-3)17(2)28(27-16)21-7-5-19(6-8-21)25(30)26-15-18-4-10-23-20(14-18)12-13-32-23/h4-8,10,14H,9,11-13,15H2,1-3H3,(H,26,30). The van der Waals surface area contributed by atoms with Crippen LogP contribution < -0.4 is 10.1 Å². The van der Waals surface area contributed by atoms with Crippen molar-refractivity contribution in [1.82, 2.24) is 15.1 Å². The van der Waals surface area contributed by atoms with Gasteiger partial charge in [0.25, 0.3) is 5.91 Å². The van der Waals surface area contributed by atoms with Crippen LogP contribution in [0.25, 0.3) is 5.69 Å². The number of nitrogens with one attached hydrogen (secondary N) is 1. The summed E-state index contributed by atoms with van der Waals surface area (Å²) in [6.45, 7) is 5.10. The topological polar surface area (TPSA) is 82.5 Å². The van der Waals surface area contributed by atoms with Crippen LogP contribution in [-0.2, 0) is 28.9 Å². The van der Waals surface area contributed by atoms with Gasteiger partial charge in [-0.1, -0.05) is 12.1 Å². The number of ether oxygens (including phenoxy) is 2. The van der Waals surface area contributed by atoms with Gasteiger partial charge in [0.1, 0.15) is 5.75 Å². The highest BCUT2D eigenvalue weighted by atomic mass is 16.5. The number of aromatic nitrogens is 2. The lowest BCUT2D eigenvalue weighted by Crippen LogP contribution is -2.22. The van der Waals surface area contributed by atoms with E-state index in [1.807, 2.05) is 42.8 Å². The normalized spacial score (nSPS) is 12.2. The summed E-state index contributed by atoms with van der Waals surface area (Å²) in [6, 6.07) is 13.4. The number of rotatable bonds is 7. The number of fused-ring (bicyclic) bond motifs is 1. The van der Waals surface area contributed by atoms with E-state index in [4.69, 9.17) is 9.47 Å². The first-order valence-corrected chi connectivity index (χ1v) is 10.7. The maximum atomic E-state index is 12.6. The zero-order chi connectivity index (χ0) is 22.7. The van der Waals surface area contributed by atoms with E-state index < -0.39 is 0 Å². The highest BCUT2D eigenvalue weighted by molar-refractivity contribution is 5.94. The third-order valence-corrected chi connectivity index (χ3v) is 5.83. The van der Waals surface area contributed by atoms with Crippen LogP contribution >= 0.6 is 0 Å². The monoisotopic (exact) mass is 433 g/mol. The van der Waals surface area contributed by atoms with Gasteiger partial charge < -0.3 is 14.8 Å². The van der Waals surface area contributed by atoms with Gasteiger partial charge in [-0.2, -0.15) is 5.10 Å². The molecule has 1 amide bonds. The molecular formula is C25H27N3O4. The van der Waals surface area contributed by atoms with E-state index in [0.717, 1.165) is 47.0 Å². The number of nitrogens with zero attached hydrogens (tertiary/aromatic N) is 2. The number of carbonyl (C=O) groups excluding carboxylic acids is 2. The van der Waals surface area contributed by atoms with Crippen molar-refractivity contribution in [3.05, 3.63) is 76.1 Å². The zero-order valence-corrected chi connectivity index (χ0v) is 18.6. The fraction of sp³-hybridized carbons (Fsp3) is 0.320. The van der Waals surface area contributed by atoms with E-state index in [0.29, 0.717) is 24.9 Å². The summed E-state index contributed by atoms with van der Waals surface area (Å²) in [6.07, 6.45) is 1.81. The summed E-state index contributed by atoms with van der Waals surface area (Å²) >= 11 is 0. The van der Waals surface area contributed by atoms with Crippen LogP contribution in [0.1, 0.15) is 44.9 Å². The molecule has 1 N–H and O–H groups in total. The predicted molar refractivity (Wildman–Crippen MR) is 120 cm³/mol. The summed E-state index contributed by atoms with van der Waals surface area (Å²) in [5, 5.41) is 7.59. The fourth-order valence-electron chi connectivity index (χ4n) is 4.01. The minimum Gasteiger partial charge on any atom is -0.493 e. The van der Waals surface area contributed by atoms with Crippen molar-refractivity contribution in [2.24, 2.45) is 0 Å². The van der Waals surface area contributed by atoms with E-state index in [1.54, 1.807) is 12.1 Å². The molecule has 166 valence electrons. The van der Waals surface area contributed by atoms with Gasteiger partial charge in [-0.3, -0.25) is 9.59 Å². The Morgan fingerprint density at radius 2 is 1.94 bits per heavy atom. The Bertz CT molecular complexity index is 1150. The van der Waals surface area contributed by atoms with Gasteiger partial charge in [-0.05, 0) is 67.3 Å². The van der Waals surface area contributed by atoms with Crippen LogP contribution in [0.3, 0.4) is 0 Å². The summed E-state index contributed by atoms with van der Waals surface area (Å²) in [5.74, 6) is 0.578. The van der Waals surface area contributed by atoms with Crippen molar-refractivity contribution in [2.45, 2.75) is 39.7 Å². The molecule has 1 aliphatic rings. The van der Waals surface area contributed by atoms with E-state index in [-0.39, 0.29) is 11.9 Å². The van der Waals surface area contributed by atoms with Crippen molar-refractivity contribution in [2.75, 3.05) is 13.7 Å². The molecule has 1 aliphatic heterocycles. The molecule has 2 aromatic carbocycles. The molecule has 0 atom stereocenters. The molecular weight excluding hydrogens is 406 g/mol. The molecule has 3 aromatic rings. The lowest BCUT2D eigenvalue weighted by atomic mass is 10.1. The molecule has 0 fully saturated rings. The predicted octanol–water partition coefficient (Wildman–Crippen LogP) is 3.46.